The summed E-state index contributed by atoms with van der Waals surface area (Å²) in [4.78, 5) is 12.9. The Morgan fingerprint density at radius 2 is 1.88 bits per heavy atom. The first-order valence-corrected chi connectivity index (χ1v) is 10.7. The molecule has 3 unspecified atom stereocenters. The quantitative estimate of drug-likeness (QED) is 0.494. The van der Waals surface area contributed by atoms with Crippen LogP contribution in [0, 0.1) is 0 Å². The SMILES string of the molecule is COc1ccc(C2CC(C(F)(F)F)n3nc(C(=O)NC(C)c4ccccc4)c(Cl)c3N2)cc1. The topological polar surface area (TPSA) is 68.2 Å². The third-order valence-corrected chi connectivity index (χ3v) is 6.03. The van der Waals surface area contributed by atoms with Crippen molar-refractivity contribution in [1.82, 2.24) is 15.1 Å². The average molecular weight is 479 g/mol. The molecule has 1 aliphatic rings. The summed E-state index contributed by atoms with van der Waals surface area (Å²) in [6.45, 7) is 1.77. The molecule has 174 valence electrons. The maximum Gasteiger partial charge on any atom is 0.410 e. The number of ether oxygens (including phenoxy) is 1. The summed E-state index contributed by atoms with van der Waals surface area (Å²) in [5.41, 5.74) is 1.22. The normalized spacial score (nSPS) is 18.7. The highest BCUT2D eigenvalue weighted by Crippen LogP contribution is 2.46. The summed E-state index contributed by atoms with van der Waals surface area (Å²) in [7, 11) is 1.51. The molecule has 4 rings (SSSR count). The molecular formula is C23H22ClF3N4O2. The lowest BCUT2D eigenvalue weighted by molar-refractivity contribution is -0.173. The zero-order chi connectivity index (χ0) is 23.8. The van der Waals surface area contributed by atoms with Crippen LogP contribution < -0.4 is 15.4 Å². The van der Waals surface area contributed by atoms with Gasteiger partial charge in [0.2, 0.25) is 0 Å². The molecular weight excluding hydrogens is 457 g/mol. The number of nitrogens with zero attached hydrogens (tertiary/aromatic N) is 2. The molecule has 0 radical (unpaired) electrons. The van der Waals surface area contributed by atoms with E-state index in [1.165, 1.54) is 7.11 Å². The van der Waals surface area contributed by atoms with Gasteiger partial charge in [0.15, 0.2) is 11.7 Å². The predicted molar refractivity (Wildman–Crippen MR) is 119 cm³/mol. The highest BCUT2D eigenvalue weighted by atomic mass is 35.5. The molecule has 0 spiro atoms. The van der Waals surface area contributed by atoms with E-state index in [9.17, 15) is 18.0 Å². The Morgan fingerprint density at radius 3 is 2.48 bits per heavy atom. The molecule has 3 atom stereocenters. The molecule has 0 fully saturated rings. The molecule has 0 saturated heterocycles. The summed E-state index contributed by atoms with van der Waals surface area (Å²) in [5, 5.41) is 9.60. The van der Waals surface area contributed by atoms with Crippen molar-refractivity contribution >= 4 is 23.3 Å². The van der Waals surface area contributed by atoms with E-state index in [-0.39, 0.29) is 29.0 Å². The molecule has 1 amide bonds. The fourth-order valence-corrected chi connectivity index (χ4v) is 4.14. The van der Waals surface area contributed by atoms with E-state index in [4.69, 9.17) is 16.3 Å². The summed E-state index contributed by atoms with van der Waals surface area (Å²) in [5.74, 6) is -0.0953. The molecule has 33 heavy (non-hydrogen) atoms. The van der Waals surface area contributed by atoms with Gasteiger partial charge in [-0.3, -0.25) is 4.79 Å². The van der Waals surface area contributed by atoms with Crippen LogP contribution in [0.4, 0.5) is 19.0 Å². The fourth-order valence-electron chi connectivity index (χ4n) is 3.88. The third-order valence-electron chi connectivity index (χ3n) is 5.68. The van der Waals surface area contributed by atoms with Gasteiger partial charge in [-0.25, -0.2) is 4.68 Å². The van der Waals surface area contributed by atoms with Gasteiger partial charge in [-0.05, 0) is 30.2 Å². The number of benzene rings is 2. The largest absolute Gasteiger partial charge is 0.497 e. The van der Waals surface area contributed by atoms with E-state index >= 15 is 0 Å². The monoisotopic (exact) mass is 478 g/mol. The van der Waals surface area contributed by atoms with Gasteiger partial charge < -0.3 is 15.4 Å². The van der Waals surface area contributed by atoms with E-state index in [0.717, 1.165) is 10.2 Å². The van der Waals surface area contributed by atoms with Crippen molar-refractivity contribution in [2.45, 2.75) is 37.6 Å². The summed E-state index contributed by atoms with van der Waals surface area (Å²) < 4.78 is 47.7. The number of anilines is 1. The fraction of sp³-hybridized carbons (Fsp3) is 0.304. The Kier molecular flexibility index (Phi) is 6.25. The van der Waals surface area contributed by atoms with Crippen LogP contribution in [0.15, 0.2) is 54.6 Å². The number of hydrogen-bond donors (Lipinski definition) is 2. The molecule has 2 aromatic carbocycles. The maximum atomic E-state index is 13.9. The second-order valence-corrected chi connectivity index (χ2v) is 8.20. The maximum absolute atomic E-state index is 13.9. The Bertz CT molecular complexity index is 1130. The minimum Gasteiger partial charge on any atom is -0.497 e. The van der Waals surface area contributed by atoms with Crippen molar-refractivity contribution in [1.29, 1.82) is 0 Å². The number of alkyl halides is 3. The first kappa shape index (κ1) is 23.0. The number of aromatic nitrogens is 2. The molecule has 6 nitrogen and oxygen atoms in total. The van der Waals surface area contributed by atoms with E-state index in [1.54, 1.807) is 31.2 Å². The van der Waals surface area contributed by atoms with Gasteiger partial charge in [0.05, 0.1) is 19.2 Å². The molecule has 3 aromatic rings. The summed E-state index contributed by atoms with van der Waals surface area (Å²) in [6.07, 6.45) is -4.88. The van der Waals surface area contributed by atoms with Crippen LogP contribution in [0.25, 0.3) is 0 Å². The summed E-state index contributed by atoms with van der Waals surface area (Å²) >= 11 is 6.39. The molecule has 1 aromatic heterocycles. The second-order valence-electron chi connectivity index (χ2n) is 7.82. The molecule has 2 N–H and O–H groups in total. The molecule has 2 heterocycles. The molecule has 10 heteroatoms. The third kappa shape index (κ3) is 4.64. The zero-order valence-corrected chi connectivity index (χ0v) is 18.6. The van der Waals surface area contributed by atoms with Crippen molar-refractivity contribution in [3.63, 3.8) is 0 Å². The van der Waals surface area contributed by atoms with Gasteiger partial charge in [0.25, 0.3) is 5.91 Å². The number of rotatable bonds is 5. The van der Waals surface area contributed by atoms with Crippen molar-refractivity contribution in [3.8, 4) is 5.75 Å². The smallest absolute Gasteiger partial charge is 0.410 e. The van der Waals surface area contributed by atoms with Gasteiger partial charge in [-0.1, -0.05) is 54.1 Å². The number of halogens is 4. The van der Waals surface area contributed by atoms with Crippen LogP contribution in [0.1, 0.15) is 53.1 Å². The number of methoxy groups -OCH3 is 1. The standard InChI is InChI=1S/C23H22ClF3N4O2/c1-13(14-6-4-3-5-7-14)28-22(32)20-19(24)21-29-17(15-8-10-16(33-2)11-9-15)12-18(23(25,26)27)31(21)30-20/h3-11,13,17-18,29H,12H2,1-2H3,(H,28,32). The summed E-state index contributed by atoms with van der Waals surface area (Å²) in [6, 6.07) is 12.9. The van der Waals surface area contributed by atoms with E-state index in [2.05, 4.69) is 15.7 Å². The lowest BCUT2D eigenvalue weighted by atomic mass is 9.97. The highest BCUT2D eigenvalue weighted by Gasteiger charge is 2.47. The second kappa shape index (κ2) is 8.97. The lowest BCUT2D eigenvalue weighted by Gasteiger charge is -2.33. The first-order chi connectivity index (χ1) is 15.7. The predicted octanol–water partition coefficient (Wildman–Crippen LogP) is 5.70. The Hall–Kier alpha value is -3.20. The number of amides is 1. The average Bonchev–Trinajstić information content (AvgIpc) is 3.15. The van der Waals surface area contributed by atoms with Gasteiger partial charge in [-0.2, -0.15) is 18.3 Å². The van der Waals surface area contributed by atoms with Crippen LogP contribution in [0.3, 0.4) is 0 Å². The van der Waals surface area contributed by atoms with Crippen LogP contribution in [-0.4, -0.2) is 29.0 Å². The van der Waals surface area contributed by atoms with Crippen molar-refractivity contribution in [3.05, 3.63) is 76.4 Å². The Morgan fingerprint density at radius 1 is 1.21 bits per heavy atom. The van der Waals surface area contributed by atoms with Gasteiger partial charge in [-0.15, -0.1) is 0 Å². The zero-order valence-electron chi connectivity index (χ0n) is 17.9. The van der Waals surface area contributed by atoms with Crippen molar-refractivity contribution in [2.24, 2.45) is 0 Å². The minimum atomic E-state index is -4.58. The highest BCUT2D eigenvalue weighted by molar-refractivity contribution is 6.36. The number of fused-ring (bicyclic) bond motifs is 1. The molecule has 1 aliphatic heterocycles. The lowest BCUT2D eigenvalue weighted by Crippen LogP contribution is -2.36. The van der Waals surface area contributed by atoms with Crippen LogP contribution >= 0.6 is 11.6 Å². The Labute approximate surface area is 193 Å². The van der Waals surface area contributed by atoms with Crippen LogP contribution in [0.2, 0.25) is 5.02 Å². The molecule has 0 aliphatic carbocycles. The minimum absolute atomic E-state index is 0.0384. The van der Waals surface area contributed by atoms with E-state index < -0.39 is 24.2 Å². The molecule has 0 saturated carbocycles. The van der Waals surface area contributed by atoms with Crippen molar-refractivity contribution < 1.29 is 22.7 Å². The van der Waals surface area contributed by atoms with E-state index in [1.807, 2.05) is 30.3 Å². The van der Waals surface area contributed by atoms with Crippen LogP contribution in [0.5, 0.6) is 5.75 Å². The number of nitrogens with one attached hydrogen (secondary N) is 2. The number of carbonyl (C=O) groups is 1. The van der Waals surface area contributed by atoms with Gasteiger partial charge >= 0.3 is 6.18 Å². The molecule has 0 bridgehead atoms. The number of carbonyl (C=O) groups excluding carboxylic acids is 1. The van der Waals surface area contributed by atoms with Crippen LogP contribution in [-0.2, 0) is 0 Å². The van der Waals surface area contributed by atoms with Gasteiger partial charge in [0, 0.05) is 6.42 Å². The number of hydrogen-bond acceptors (Lipinski definition) is 4. The van der Waals surface area contributed by atoms with Gasteiger partial charge in [0.1, 0.15) is 16.6 Å². The van der Waals surface area contributed by atoms with Crippen molar-refractivity contribution in [2.75, 3.05) is 12.4 Å². The first-order valence-electron chi connectivity index (χ1n) is 10.3. The Balaban J connectivity index is 1.65. The van der Waals surface area contributed by atoms with E-state index in [0.29, 0.717) is 11.3 Å².